The highest BCUT2D eigenvalue weighted by molar-refractivity contribution is 5.95. The van der Waals surface area contributed by atoms with Gasteiger partial charge >= 0.3 is 0 Å². The Labute approximate surface area is 177 Å². The maximum absolute atomic E-state index is 13.3. The molecular formula is C23H30N4O3. The lowest BCUT2D eigenvalue weighted by Gasteiger charge is -2.43. The Kier molecular flexibility index (Phi) is 6.06. The van der Waals surface area contributed by atoms with Crippen LogP contribution in [0.5, 0.6) is 5.75 Å². The van der Waals surface area contributed by atoms with Gasteiger partial charge in [0.2, 0.25) is 0 Å². The van der Waals surface area contributed by atoms with Crippen molar-refractivity contribution < 1.29 is 14.3 Å². The summed E-state index contributed by atoms with van der Waals surface area (Å²) in [5.41, 5.74) is 2.15. The molecule has 2 saturated heterocycles. The van der Waals surface area contributed by atoms with Crippen molar-refractivity contribution in [1.82, 2.24) is 20.0 Å². The van der Waals surface area contributed by atoms with E-state index in [0.717, 1.165) is 57.4 Å². The number of hydrogen-bond donors (Lipinski definition) is 1. The molecule has 2 aliphatic rings. The maximum atomic E-state index is 13.3. The molecule has 0 bridgehead atoms. The second-order valence-electron chi connectivity index (χ2n) is 8.33. The number of aryl methyl sites for hydroxylation is 1. The van der Waals surface area contributed by atoms with Crippen LogP contribution in [-0.4, -0.2) is 64.6 Å². The number of ether oxygens (including phenoxy) is 1. The van der Waals surface area contributed by atoms with Gasteiger partial charge in [0.1, 0.15) is 5.75 Å². The Morgan fingerprint density at radius 1 is 1.10 bits per heavy atom. The zero-order chi connectivity index (χ0) is 21.1. The maximum Gasteiger partial charge on any atom is 0.257 e. The number of hydrogen-bond acceptors (Lipinski definition) is 4. The van der Waals surface area contributed by atoms with Crippen molar-refractivity contribution in [3.8, 4) is 5.75 Å². The largest absolute Gasteiger partial charge is 0.497 e. The van der Waals surface area contributed by atoms with Gasteiger partial charge in [-0.05, 0) is 63.1 Å². The Morgan fingerprint density at radius 2 is 1.90 bits per heavy atom. The van der Waals surface area contributed by atoms with Gasteiger partial charge in [0.05, 0.1) is 18.9 Å². The summed E-state index contributed by atoms with van der Waals surface area (Å²) in [6.45, 7) is 4.13. The molecule has 7 nitrogen and oxygen atoms in total. The third-order valence-corrected chi connectivity index (χ3v) is 6.56. The second-order valence-corrected chi connectivity index (χ2v) is 8.33. The van der Waals surface area contributed by atoms with Crippen LogP contribution in [0.2, 0.25) is 0 Å². The number of aromatic nitrogens is 2. The number of piperidine rings is 2. The topological polar surface area (TPSA) is 78.5 Å². The van der Waals surface area contributed by atoms with Gasteiger partial charge in [0, 0.05) is 36.9 Å². The Bertz CT molecular complexity index is 901. The van der Waals surface area contributed by atoms with E-state index in [9.17, 15) is 9.59 Å². The third kappa shape index (κ3) is 4.06. The number of amides is 2. The predicted octanol–water partition coefficient (Wildman–Crippen LogP) is 3.27. The van der Waals surface area contributed by atoms with Gasteiger partial charge in [-0.1, -0.05) is 6.07 Å². The SMILES string of the molecule is COc1cccc(C(=O)N2CCCC[C@@H]2C2CCN(C(=O)c3cn[nH]c3C)CC2)c1. The Balaban J connectivity index is 1.43. The van der Waals surface area contributed by atoms with E-state index in [2.05, 4.69) is 15.1 Å². The molecule has 160 valence electrons. The molecule has 0 unspecified atom stereocenters. The molecule has 1 atom stereocenters. The minimum absolute atomic E-state index is 0.0488. The Hall–Kier alpha value is -2.83. The van der Waals surface area contributed by atoms with Crippen LogP contribution in [0.4, 0.5) is 0 Å². The molecule has 0 aliphatic carbocycles. The molecule has 2 aliphatic heterocycles. The molecule has 7 heteroatoms. The van der Waals surface area contributed by atoms with Gasteiger partial charge in [-0.3, -0.25) is 14.7 Å². The number of benzene rings is 1. The summed E-state index contributed by atoms with van der Waals surface area (Å²) in [6.07, 6.45) is 6.70. The smallest absolute Gasteiger partial charge is 0.257 e. The minimum atomic E-state index is 0.0488. The molecule has 1 N–H and O–H groups in total. The van der Waals surface area contributed by atoms with Crippen molar-refractivity contribution in [3.63, 3.8) is 0 Å². The van der Waals surface area contributed by atoms with Gasteiger partial charge in [0.15, 0.2) is 0 Å². The van der Waals surface area contributed by atoms with Crippen LogP contribution in [0.15, 0.2) is 30.5 Å². The fraction of sp³-hybridized carbons (Fsp3) is 0.522. The van der Waals surface area contributed by atoms with Crippen LogP contribution in [-0.2, 0) is 0 Å². The second kappa shape index (κ2) is 8.90. The first kappa shape index (κ1) is 20.4. The van der Waals surface area contributed by atoms with Crippen LogP contribution in [0, 0.1) is 12.8 Å². The summed E-state index contributed by atoms with van der Waals surface area (Å²) in [5, 5.41) is 6.81. The number of methoxy groups -OCH3 is 1. The summed E-state index contributed by atoms with van der Waals surface area (Å²) in [6, 6.07) is 7.66. The van der Waals surface area contributed by atoms with Crippen LogP contribution < -0.4 is 4.74 Å². The van der Waals surface area contributed by atoms with E-state index in [4.69, 9.17) is 4.74 Å². The molecule has 1 aromatic carbocycles. The van der Waals surface area contributed by atoms with Gasteiger partial charge in [-0.25, -0.2) is 0 Å². The summed E-state index contributed by atoms with van der Waals surface area (Å²) in [5.74, 6) is 1.27. The summed E-state index contributed by atoms with van der Waals surface area (Å²) in [4.78, 5) is 30.0. The van der Waals surface area contributed by atoms with Crippen LogP contribution >= 0.6 is 0 Å². The van der Waals surface area contributed by atoms with Gasteiger partial charge in [-0.15, -0.1) is 0 Å². The van der Waals surface area contributed by atoms with E-state index < -0.39 is 0 Å². The number of carbonyl (C=O) groups excluding carboxylic acids is 2. The average Bonchev–Trinajstić information content (AvgIpc) is 3.24. The fourth-order valence-corrected chi connectivity index (χ4v) is 4.85. The molecule has 0 saturated carbocycles. The first-order valence-corrected chi connectivity index (χ1v) is 10.8. The highest BCUT2D eigenvalue weighted by Crippen LogP contribution is 2.32. The number of aromatic amines is 1. The first-order valence-electron chi connectivity index (χ1n) is 10.8. The van der Waals surface area contributed by atoms with E-state index in [1.807, 2.05) is 36.1 Å². The van der Waals surface area contributed by atoms with E-state index in [0.29, 0.717) is 22.8 Å². The van der Waals surface area contributed by atoms with Crippen molar-refractivity contribution in [2.75, 3.05) is 26.7 Å². The van der Waals surface area contributed by atoms with Crippen molar-refractivity contribution in [3.05, 3.63) is 47.3 Å². The lowest BCUT2D eigenvalue weighted by atomic mass is 9.83. The summed E-state index contributed by atoms with van der Waals surface area (Å²) < 4.78 is 5.29. The summed E-state index contributed by atoms with van der Waals surface area (Å²) in [7, 11) is 1.62. The third-order valence-electron chi connectivity index (χ3n) is 6.56. The lowest BCUT2D eigenvalue weighted by Crippen LogP contribution is -2.51. The molecule has 2 fully saturated rings. The standard InChI is InChI=1S/C23H30N4O3/c1-16-20(15-24-25-16)23(29)26-12-9-17(10-13-26)21-8-3-4-11-27(21)22(28)18-6-5-7-19(14-18)30-2/h5-7,14-15,17,21H,3-4,8-13H2,1-2H3,(H,24,25)/t21-/m1/s1. The van der Waals surface area contributed by atoms with Crippen LogP contribution in [0.3, 0.4) is 0 Å². The monoisotopic (exact) mass is 410 g/mol. The fourth-order valence-electron chi connectivity index (χ4n) is 4.85. The number of rotatable bonds is 4. The lowest BCUT2D eigenvalue weighted by molar-refractivity contribution is 0.0374. The highest BCUT2D eigenvalue weighted by Gasteiger charge is 2.36. The molecule has 4 rings (SSSR count). The Morgan fingerprint density at radius 3 is 2.60 bits per heavy atom. The molecule has 2 amide bonds. The highest BCUT2D eigenvalue weighted by atomic mass is 16.5. The van der Waals surface area contributed by atoms with Crippen molar-refractivity contribution >= 4 is 11.8 Å². The van der Waals surface area contributed by atoms with E-state index in [-0.39, 0.29) is 17.9 Å². The predicted molar refractivity (Wildman–Crippen MR) is 114 cm³/mol. The molecular weight excluding hydrogens is 380 g/mol. The van der Waals surface area contributed by atoms with Crippen molar-refractivity contribution in [2.24, 2.45) is 5.92 Å². The van der Waals surface area contributed by atoms with Gasteiger partial charge in [0.25, 0.3) is 11.8 Å². The van der Waals surface area contributed by atoms with Crippen LogP contribution in [0.25, 0.3) is 0 Å². The zero-order valence-electron chi connectivity index (χ0n) is 17.8. The number of H-pyrrole nitrogens is 1. The van der Waals surface area contributed by atoms with E-state index in [1.165, 1.54) is 0 Å². The first-order chi connectivity index (χ1) is 14.6. The number of carbonyl (C=O) groups is 2. The van der Waals surface area contributed by atoms with Crippen LogP contribution in [0.1, 0.15) is 58.5 Å². The zero-order valence-corrected chi connectivity index (χ0v) is 17.8. The molecule has 0 spiro atoms. The van der Waals surface area contributed by atoms with Gasteiger partial charge in [-0.2, -0.15) is 5.10 Å². The molecule has 1 aromatic heterocycles. The molecule has 2 aromatic rings. The normalized spacial score (nSPS) is 20.3. The molecule has 30 heavy (non-hydrogen) atoms. The number of likely N-dealkylation sites (tertiary alicyclic amines) is 2. The van der Waals surface area contributed by atoms with E-state index >= 15 is 0 Å². The molecule has 0 radical (unpaired) electrons. The average molecular weight is 411 g/mol. The minimum Gasteiger partial charge on any atom is -0.497 e. The van der Waals surface area contributed by atoms with E-state index in [1.54, 1.807) is 13.3 Å². The number of nitrogens with zero attached hydrogens (tertiary/aromatic N) is 3. The van der Waals surface area contributed by atoms with Crippen molar-refractivity contribution in [2.45, 2.75) is 45.1 Å². The molecule has 3 heterocycles. The van der Waals surface area contributed by atoms with Gasteiger partial charge < -0.3 is 14.5 Å². The quantitative estimate of drug-likeness (QED) is 0.839. The number of nitrogens with one attached hydrogen (secondary N) is 1. The summed E-state index contributed by atoms with van der Waals surface area (Å²) >= 11 is 0. The van der Waals surface area contributed by atoms with Crippen molar-refractivity contribution in [1.29, 1.82) is 0 Å².